The summed E-state index contributed by atoms with van der Waals surface area (Å²) >= 11 is 19.1. The molecule has 4 nitrogen and oxygen atoms in total. The van der Waals surface area contributed by atoms with Crippen molar-refractivity contribution in [3.8, 4) is 0 Å². The number of nitrogens with one attached hydrogen (secondary N) is 2. The summed E-state index contributed by atoms with van der Waals surface area (Å²) in [5.41, 5.74) is 5.96. The Morgan fingerprint density at radius 1 is 0.783 bits per heavy atom. The van der Waals surface area contributed by atoms with Gasteiger partial charge in [0.25, 0.3) is 0 Å². The van der Waals surface area contributed by atoms with Crippen LogP contribution in [0.3, 0.4) is 0 Å². The maximum atomic E-state index is 4.77. The van der Waals surface area contributed by atoms with Crippen molar-refractivity contribution in [2.24, 2.45) is 11.8 Å². The van der Waals surface area contributed by atoms with E-state index < -0.39 is 0 Å². The molecule has 132 valence electrons. The van der Waals surface area contributed by atoms with Crippen molar-refractivity contribution in [2.75, 3.05) is 26.2 Å². The van der Waals surface area contributed by atoms with Gasteiger partial charge in [-0.15, -0.1) is 0 Å². The summed E-state index contributed by atoms with van der Waals surface area (Å²) in [7, 11) is 0. The van der Waals surface area contributed by atoms with E-state index in [1.165, 1.54) is 25.7 Å². The fourth-order valence-corrected chi connectivity index (χ4v) is 3.02. The monoisotopic (exact) mass is 458 g/mol. The van der Waals surface area contributed by atoms with Crippen LogP contribution in [0.15, 0.2) is 0 Å². The summed E-state index contributed by atoms with van der Waals surface area (Å²) in [6.45, 7) is 8.83. The van der Waals surface area contributed by atoms with Crippen LogP contribution in [0, 0.1) is 11.8 Å². The predicted octanol–water partition coefficient (Wildman–Crippen LogP) is 1.73. The second-order valence-electron chi connectivity index (χ2n) is 6.14. The predicted molar refractivity (Wildman–Crippen MR) is 112 cm³/mol. The van der Waals surface area contributed by atoms with Crippen LogP contribution in [0.25, 0.3) is 0 Å². The van der Waals surface area contributed by atoms with Gasteiger partial charge in [-0.05, 0) is 46.2 Å². The van der Waals surface area contributed by atoms with Gasteiger partial charge >= 0.3 is 17.1 Å². The van der Waals surface area contributed by atoms with E-state index in [0.717, 1.165) is 38.0 Å². The Morgan fingerprint density at radius 3 is 1.26 bits per heavy atom. The molecule has 2 aliphatic heterocycles. The molecule has 0 unspecified atom stereocenters. The van der Waals surface area contributed by atoms with Crippen molar-refractivity contribution in [3.05, 3.63) is 0 Å². The van der Waals surface area contributed by atoms with Crippen LogP contribution in [-0.4, -0.2) is 61.9 Å². The van der Waals surface area contributed by atoms with E-state index in [-0.39, 0.29) is 17.1 Å². The maximum Gasteiger partial charge on any atom is 2.00 e. The van der Waals surface area contributed by atoms with Crippen LogP contribution >= 0.6 is 24.4 Å². The Bertz CT molecular complexity index is 323. The van der Waals surface area contributed by atoms with Gasteiger partial charge in [0.05, 0.1) is 0 Å². The topological polar surface area (TPSA) is 30.5 Å². The molecule has 0 saturated carbocycles. The fourth-order valence-electron chi connectivity index (χ4n) is 2.50. The van der Waals surface area contributed by atoms with E-state index in [2.05, 4.69) is 34.7 Å². The van der Waals surface area contributed by atoms with Gasteiger partial charge in [0, 0.05) is 26.2 Å². The Kier molecular flexibility index (Phi) is 13.3. The molecule has 9 heteroatoms. The fraction of sp³-hybridized carbons (Fsp3) is 0.857. The SMILES string of the molecule is CC1CCN(NC(=S)[S-])CC1.CC1CCN(NC(=S)[S-])CC1.[Se+2]. The number of nitrogens with zero attached hydrogens (tertiary/aromatic N) is 2. The molecule has 0 atom stereocenters. The number of hydrazine groups is 2. The molecule has 0 aromatic carbocycles. The van der Waals surface area contributed by atoms with Crippen molar-refractivity contribution >= 4 is 75.4 Å². The largest absolute Gasteiger partial charge is 2.00 e. The van der Waals surface area contributed by atoms with Gasteiger partial charge in [-0.1, -0.05) is 13.8 Å². The van der Waals surface area contributed by atoms with Crippen molar-refractivity contribution in [1.82, 2.24) is 20.9 Å². The van der Waals surface area contributed by atoms with E-state index >= 15 is 0 Å². The van der Waals surface area contributed by atoms with Crippen LogP contribution < -0.4 is 10.9 Å². The summed E-state index contributed by atoms with van der Waals surface area (Å²) in [4.78, 5) is 0. The van der Waals surface area contributed by atoms with Crippen molar-refractivity contribution in [2.45, 2.75) is 39.5 Å². The number of thiocarbonyl (C=S) groups is 2. The molecule has 0 aromatic rings. The second kappa shape index (κ2) is 12.9. The van der Waals surface area contributed by atoms with E-state index in [9.17, 15) is 0 Å². The molecule has 2 fully saturated rings. The van der Waals surface area contributed by atoms with Gasteiger partial charge in [0.2, 0.25) is 0 Å². The van der Waals surface area contributed by atoms with Gasteiger partial charge in [-0.2, -0.15) is 0 Å². The van der Waals surface area contributed by atoms with Crippen LogP contribution in [0.5, 0.6) is 0 Å². The summed E-state index contributed by atoms with van der Waals surface area (Å²) < 4.78 is 0.916. The van der Waals surface area contributed by atoms with E-state index in [4.69, 9.17) is 49.7 Å². The molecule has 0 aromatic heterocycles. The van der Waals surface area contributed by atoms with Crippen LogP contribution in [0.2, 0.25) is 0 Å². The maximum absolute atomic E-state index is 4.77. The van der Waals surface area contributed by atoms with E-state index in [1.807, 2.05) is 0 Å². The Balaban J connectivity index is 0.000000403. The molecule has 0 bridgehead atoms. The Labute approximate surface area is 173 Å². The molecule has 23 heavy (non-hydrogen) atoms. The van der Waals surface area contributed by atoms with Gasteiger partial charge < -0.3 is 60.5 Å². The van der Waals surface area contributed by atoms with Gasteiger partial charge in [-0.25, -0.2) is 10.0 Å². The van der Waals surface area contributed by atoms with E-state index in [0.29, 0.717) is 8.64 Å². The smallest absolute Gasteiger partial charge is 0.410 e. The average molecular weight is 458 g/mol. The zero-order valence-corrected chi connectivity index (χ0v) is 18.7. The molecule has 2 aliphatic rings. The normalized spacial score (nSPS) is 20.6. The van der Waals surface area contributed by atoms with Crippen LogP contribution in [0.4, 0.5) is 0 Å². The Hall–Kier alpha value is 0.659. The zero-order valence-electron chi connectivity index (χ0n) is 13.7. The number of piperidine rings is 2. The van der Waals surface area contributed by atoms with Crippen molar-refractivity contribution < 1.29 is 0 Å². The molecule has 0 amide bonds. The minimum Gasteiger partial charge on any atom is -0.410 e. The van der Waals surface area contributed by atoms with E-state index in [1.54, 1.807) is 0 Å². The van der Waals surface area contributed by atoms with Crippen LogP contribution in [0.1, 0.15) is 39.5 Å². The van der Waals surface area contributed by atoms with Gasteiger partial charge in [-0.3, -0.25) is 0 Å². The first-order valence-corrected chi connectivity index (χ1v) is 9.45. The number of hydrogen-bond acceptors (Lipinski definition) is 6. The molecular weight excluding hydrogens is 431 g/mol. The third-order valence-electron chi connectivity index (χ3n) is 4.07. The summed E-state index contributed by atoms with van der Waals surface area (Å²) in [6.07, 6.45) is 4.96. The van der Waals surface area contributed by atoms with Gasteiger partial charge in [0.15, 0.2) is 0 Å². The molecule has 2 N–H and O–H groups in total. The van der Waals surface area contributed by atoms with Gasteiger partial charge in [0.1, 0.15) is 0 Å². The zero-order chi connectivity index (χ0) is 16.5. The standard InChI is InChI=1S/2C7H14N2S2.Se/c2*1-6-2-4-9(5-3-6)8-7(10)11;/h2*6H,2-5H2,1H3,(H2,8,10,11);/q;;+2/p-2. The summed E-state index contributed by atoms with van der Waals surface area (Å²) in [5, 5.41) is 4.21. The molecule has 2 heterocycles. The molecule has 4 radical (unpaired) electrons. The molecule has 0 aliphatic carbocycles. The first kappa shape index (κ1) is 23.7. The Morgan fingerprint density at radius 2 is 1.04 bits per heavy atom. The van der Waals surface area contributed by atoms with Crippen molar-refractivity contribution in [3.63, 3.8) is 0 Å². The third-order valence-corrected chi connectivity index (χ3v) is 4.43. The average Bonchev–Trinajstić information content (AvgIpc) is 2.44. The minimum atomic E-state index is 0. The van der Waals surface area contributed by atoms with Crippen molar-refractivity contribution in [1.29, 1.82) is 0 Å². The quantitative estimate of drug-likeness (QED) is 0.368. The molecule has 0 spiro atoms. The number of rotatable bonds is 2. The molecular formula is C14H26N4S4Se. The summed E-state index contributed by atoms with van der Waals surface area (Å²) in [5.74, 6) is 1.71. The first-order chi connectivity index (χ1) is 10.4. The second-order valence-corrected chi connectivity index (χ2v) is 8.29. The number of hydrogen-bond donors (Lipinski definition) is 2. The first-order valence-electron chi connectivity index (χ1n) is 7.82. The minimum absolute atomic E-state index is 0. The third kappa shape index (κ3) is 11.8. The molecule has 2 rings (SSSR count). The molecule has 2 saturated heterocycles. The van der Waals surface area contributed by atoms with Crippen LogP contribution in [-0.2, 0) is 25.3 Å². The summed E-state index contributed by atoms with van der Waals surface area (Å²) in [6, 6.07) is 0.